The van der Waals surface area contributed by atoms with E-state index in [0.717, 1.165) is 18.5 Å². The molecule has 1 N–H and O–H groups in total. The second-order valence-corrected chi connectivity index (χ2v) is 4.98. The van der Waals surface area contributed by atoms with Gasteiger partial charge in [-0.25, -0.2) is 9.97 Å². The summed E-state index contributed by atoms with van der Waals surface area (Å²) < 4.78 is 0. The van der Waals surface area contributed by atoms with Gasteiger partial charge in [-0.15, -0.1) is 0 Å². The van der Waals surface area contributed by atoms with Crippen molar-refractivity contribution in [3.8, 4) is 0 Å². The quantitative estimate of drug-likeness (QED) is 0.892. The molecule has 0 saturated heterocycles. The van der Waals surface area contributed by atoms with Crippen LogP contribution >= 0.6 is 0 Å². The van der Waals surface area contributed by atoms with E-state index in [2.05, 4.69) is 54.3 Å². The van der Waals surface area contributed by atoms with Crippen LogP contribution in [0.5, 0.6) is 0 Å². The topological polar surface area (TPSA) is 37.8 Å². The summed E-state index contributed by atoms with van der Waals surface area (Å²) in [6.45, 7) is 7.34. The average Bonchev–Trinajstić information content (AvgIpc) is 2.38. The van der Waals surface area contributed by atoms with Crippen LogP contribution in [0.1, 0.15) is 35.2 Å². The predicted octanol–water partition coefficient (Wildman–Crippen LogP) is 2.99. The van der Waals surface area contributed by atoms with Crippen LogP contribution in [-0.2, 0) is 6.42 Å². The molecule has 0 fully saturated rings. The third kappa shape index (κ3) is 3.86. The van der Waals surface area contributed by atoms with Crippen LogP contribution in [-0.4, -0.2) is 16.5 Å². The van der Waals surface area contributed by atoms with Gasteiger partial charge in [0, 0.05) is 24.0 Å². The van der Waals surface area contributed by atoms with Gasteiger partial charge in [0.15, 0.2) is 0 Å². The van der Waals surface area contributed by atoms with Crippen LogP contribution in [0.4, 0.5) is 0 Å². The van der Waals surface area contributed by atoms with E-state index in [1.54, 1.807) is 6.33 Å². The van der Waals surface area contributed by atoms with Gasteiger partial charge in [-0.05, 0) is 32.4 Å². The smallest absolute Gasteiger partial charge is 0.115 e. The summed E-state index contributed by atoms with van der Waals surface area (Å²) in [6.07, 6.45) is 6.32. The van der Waals surface area contributed by atoms with Gasteiger partial charge in [-0.2, -0.15) is 0 Å². The third-order valence-corrected chi connectivity index (χ3v) is 3.15. The van der Waals surface area contributed by atoms with Gasteiger partial charge in [0.2, 0.25) is 0 Å². The number of nitrogens with zero attached hydrogens (tertiary/aromatic N) is 2. The number of aromatic nitrogens is 2. The zero-order valence-corrected chi connectivity index (χ0v) is 11.9. The Kier molecular flexibility index (Phi) is 4.63. The van der Waals surface area contributed by atoms with Gasteiger partial charge in [-0.3, -0.25) is 0 Å². The van der Waals surface area contributed by atoms with Crippen LogP contribution in [0.3, 0.4) is 0 Å². The molecule has 0 bridgehead atoms. The highest BCUT2D eigenvalue weighted by Gasteiger charge is 2.12. The fraction of sp³-hybridized carbons (Fsp3) is 0.375. The summed E-state index contributed by atoms with van der Waals surface area (Å²) in [5, 5.41) is 3.51. The first-order valence-corrected chi connectivity index (χ1v) is 6.74. The van der Waals surface area contributed by atoms with E-state index >= 15 is 0 Å². The zero-order chi connectivity index (χ0) is 13.7. The maximum atomic E-state index is 4.11. The summed E-state index contributed by atoms with van der Waals surface area (Å²) in [7, 11) is 0. The van der Waals surface area contributed by atoms with Crippen molar-refractivity contribution >= 4 is 0 Å². The molecule has 2 aromatic rings. The van der Waals surface area contributed by atoms with Crippen molar-refractivity contribution in [3.05, 3.63) is 59.2 Å². The second kappa shape index (κ2) is 6.43. The number of hydrogen-bond donors (Lipinski definition) is 1. The lowest BCUT2D eigenvalue weighted by molar-refractivity contribution is 0.546. The summed E-state index contributed by atoms with van der Waals surface area (Å²) in [4.78, 5) is 8.23. The largest absolute Gasteiger partial charge is 0.310 e. The Morgan fingerprint density at radius 1 is 1.05 bits per heavy atom. The fourth-order valence-electron chi connectivity index (χ4n) is 2.47. The SMILES string of the molecule is CCNC(Cc1cc(C)cc(C)c1)c1cncnc1. The lowest BCUT2D eigenvalue weighted by Crippen LogP contribution is -2.23. The molecule has 1 unspecified atom stereocenters. The van der Waals surface area contributed by atoms with Crippen molar-refractivity contribution in [2.24, 2.45) is 0 Å². The normalized spacial score (nSPS) is 12.4. The standard InChI is InChI=1S/C16H21N3/c1-4-19-16(15-9-17-11-18-10-15)8-14-6-12(2)5-13(3)7-14/h5-7,9-11,16,19H,4,8H2,1-3H3. The highest BCUT2D eigenvalue weighted by molar-refractivity contribution is 5.30. The van der Waals surface area contributed by atoms with Crippen LogP contribution < -0.4 is 5.32 Å². The highest BCUT2D eigenvalue weighted by atomic mass is 14.9. The Balaban J connectivity index is 2.21. The molecule has 0 amide bonds. The van der Waals surface area contributed by atoms with Crippen molar-refractivity contribution in [2.45, 2.75) is 33.2 Å². The minimum atomic E-state index is 0.271. The van der Waals surface area contributed by atoms with Crippen LogP contribution in [0.15, 0.2) is 36.9 Å². The Hall–Kier alpha value is -1.74. The molecule has 0 aliphatic carbocycles. The second-order valence-electron chi connectivity index (χ2n) is 4.98. The van der Waals surface area contributed by atoms with Crippen molar-refractivity contribution in [1.29, 1.82) is 0 Å². The molecule has 0 aliphatic heterocycles. The van der Waals surface area contributed by atoms with Gasteiger partial charge in [0.25, 0.3) is 0 Å². The molecule has 1 aromatic carbocycles. The van der Waals surface area contributed by atoms with Gasteiger partial charge < -0.3 is 5.32 Å². The van der Waals surface area contributed by atoms with E-state index in [4.69, 9.17) is 0 Å². The van der Waals surface area contributed by atoms with Crippen molar-refractivity contribution in [1.82, 2.24) is 15.3 Å². The molecule has 0 aliphatic rings. The minimum Gasteiger partial charge on any atom is -0.310 e. The molecule has 0 saturated carbocycles. The van der Waals surface area contributed by atoms with Crippen LogP contribution in [0.2, 0.25) is 0 Å². The number of nitrogens with one attached hydrogen (secondary N) is 1. The first-order valence-electron chi connectivity index (χ1n) is 6.74. The molecule has 100 valence electrons. The Labute approximate surface area is 115 Å². The number of aryl methyl sites for hydroxylation is 2. The van der Waals surface area contributed by atoms with Gasteiger partial charge >= 0.3 is 0 Å². The van der Waals surface area contributed by atoms with E-state index in [1.807, 2.05) is 12.4 Å². The number of benzene rings is 1. The highest BCUT2D eigenvalue weighted by Crippen LogP contribution is 2.19. The summed E-state index contributed by atoms with van der Waals surface area (Å²) in [6, 6.07) is 6.98. The summed E-state index contributed by atoms with van der Waals surface area (Å²) in [5.41, 5.74) is 5.12. The molecule has 1 heterocycles. The summed E-state index contributed by atoms with van der Waals surface area (Å²) in [5.74, 6) is 0. The zero-order valence-electron chi connectivity index (χ0n) is 11.9. The molecular weight excluding hydrogens is 234 g/mol. The molecule has 3 nitrogen and oxygen atoms in total. The van der Waals surface area contributed by atoms with E-state index in [-0.39, 0.29) is 6.04 Å². The van der Waals surface area contributed by atoms with Gasteiger partial charge in [0.1, 0.15) is 6.33 Å². The molecule has 1 aromatic heterocycles. The van der Waals surface area contributed by atoms with Crippen molar-refractivity contribution < 1.29 is 0 Å². The van der Waals surface area contributed by atoms with Gasteiger partial charge in [-0.1, -0.05) is 36.2 Å². The lowest BCUT2D eigenvalue weighted by atomic mass is 9.98. The van der Waals surface area contributed by atoms with Crippen molar-refractivity contribution in [2.75, 3.05) is 6.54 Å². The summed E-state index contributed by atoms with van der Waals surface area (Å²) >= 11 is 0. The van der Waals surface area contributed by atoms with Crippen molar-refractivity contribution in [3.63, 3.8) is 0 Å². The predicted molar refractivity (Wildman–Crippen MR) is 78.1 cm³/mol. The first kappa shape index (κ1) is 13.7. The third-order valence-electron chi connectivity index (χ3n) is 3.15. The van der Waals surface area contributed by atoms with E-state index in [0.29, 0.717) is 0 Å². The van der Waals surface area contributed by atoms with E-state index < -0.39 is 0 Å². The lowest BCUT2D eigenvalue weighted by Gasteiger charge is -2.18. The molecule has 0 radical (unpaired) electrons. The number of likely N-dealkylation sites (N-methyl/N-ethyl adjacent to an activating group) is 1. The Morgan fingerprint density at radius 3 is 2.26 bits per heavy atom. The maximum absolute atomic E-state index is 4.11. The number of hydrogen-bond acceptors (Lipinski definition) is 3. The molecule has 1 atom stereocenters. The van der Waals surface area contributed by atoms with Crippen LogP contribution in [0, 0.1) is 13.8 Å². The molecule has 19 heavy (non-hydrogen) atoms. The van der Waals surface area contributed by atoms with E-state index in [1.165, 1.54) is 16.7 Å². The Bertz CT molecular complexity index is 503. The fourth-order valence-corrected chi connectivity index (χ4v) is 2.47. The van der Waals surface area contributed by atoms with Crippen LogP contribution in [0.25, 0.3) is 0 Å². The molecule has 2 rings (SSSR count). The monoisotopic (exact) mass is 255 g/mol. The average molecular weight is 255 g/mol. The molecular formula is C16H21N3. The Morgan fingerprint density at radius 2 is 1.68 bits per heavy atom. The van der Waals surface area contributed by atoms with E-state index in [9.17, 15) is 0 Å². The van der Waals surface area contributed by atoms with Gasteiger partial charge in [0.05, 0.1) is 0 Å². The first-order chi connectivity index (χ1) is 9.19. The molecule has 3 heteroatoms. The maximum Gasteiger partial charge on any atom is 0.115 e. The molecule has 0 spiro atoms. The minimum absolute atomic E-state index is 0.271. The number of rotatable bonds is 5.